The molecule has 0 fully saturated rings. The Morgan fingerprint density at radius 3 is 3.23 bits per heavy atom. The molecule has 0 bridgehead atoms. The van der Waals surface area contributed by atoms with Gasteiger partial charge in [0.15, 0.2) is 0 Å². The second kappa shape index (κ2) is 4.66. The Kier molecular flexibility index (Phi) is 3.51. The quantitative estimate of drug-likeness (QED) is 0.339. The van der Waals surface area contributed by atoms with Crippen molar-refractivity contribution >= 4 is 17.5 Å². The van der Waals surface area contributed by atoms with Crippen molar-refractivity contribution in [1.82, 2.24) is 14.8 Å². The van der Waals surface area contributed by atoms with Gasteiger partial charge in [0.2, 0.25) is 5.95 Å². The lowest BCUT2D eigenvalue weighted by Gasteiger charge is -2.04. The standard InChI is InChI=1S/C5H7ClN6O/c6-1-4(13)2-12-3-8-5(10-12)9-11-7/h3-4,13H,1-2H2. The van der Waals surface area contributed by atoms with Gasteiger partial charge in [-0.1, -0.05) is 0 Å². The monoisotopic (exact) mass is 202 g/mol. The highest BCUT2D eigenvalue weighted by atomic mass is 35.5. The Labute approximate surface area is 78.6 Å². The molecule has 1 heterocycles. The van der Waals surface area contributed by atoms with Crippen molar-refractivity contribution < 1.29 is 5.11 Å². The molecular formula is C5H7ClN6O. The highest BCUT2D eigenvalue weighted by molar-refractivity contribution is 6.18. The molecule has 70 valence electrons. The van der Waals surface area contributed by atoms with Crippen molar-refractivity contribution in [3.63, 3.8) is 0 Å². The van der Waals surface area contributed by atoms with Gasteiger partial charge >= 0.3 is 0 Å². The van der Waals surface area contributed by atoms with Gasteiger partial charge in [0.05, 0.1) is 18.5 Å². The molecular weight excluding hydrogens is 196 g/mol. The van der Waals surface area contributed by atoms with Gasteiger partial charge in [-0.25, -0.2) is 9.67 Å². The molecule has 1 aromatic heterocycles. The lowest BCUT2D eigenvalue weighted by Crippen LogP contribution is -2.17. The second-order valence-electron chi connectivity index (χ2n) is 2.26. The molecule has 1 unspecified atom stereocenters. The number of hydrogen-bond acceptors (Lipinski definition) is 4. The average molecular weight is 203 g/mol. The van der Waals surface area contributed by atoms with Crippen molar-refractivity contribution in [2.45, 2.75) is 12.6 Å². The van der Waals surface area contributed by atoms with E-state index in [4.69, 9.17) is 22.2 Å². The summed E-state index contributed by atoms with van der Waals surface area (Å²) in [6.45, 7) is 0.234. The number of rotatable bonds is 4. The first-order valence-corrected chi connectivity index (χ1v) is 3.98. The second-order valence-corrected chi connectivity index (χ2v) is 2.57. The van der Waals surface area contributed by atoms with Crippen LogP contribution in [-0.2, 0) is 6.54 Å². The number of halogens is 1. The van der Waals surface area contributed by atoms with E-state index >= 15 is 0 Å². The summed E-state index contributed by atoms with van der Waals surface area (Å²) in [5, 5.41) is 16.1. The van der Waals surface area contributed by atoms with Crippen LogP contribution in [-0.4, -0.2) is 31.9 Å². The van der Waals surface area contributed by atoms with E-state index in [1.807, 2.05) is 0 Å². The predicted octanol–water partition coefficient (Wildman–Crippen LogP) is 0.820. The normalized spacial score (nSPS) is 12.2. The fourth-order valence-corrected chi connectivity index (χ4v) is 0.821. The maximum absolute atomic E-state index is 9.13. The summed E-state index contributed by atoms with van der Waals surface area (Å²) in [5.74, 6) is 0.153. The van der Waals surface area contributed by atoms with Gasteiger partial charge in [0.1, 0.15) is 6.33 Å². The smallest absolute Gasteiger partial charge is 0.237 e. The zero-order valence-electron chi connectivity index (χ0n) is 6.58. The minimum atomic E-state index is -0.678. The summed E-state index contributed by atoms with van der Waals surface area (Å²) in [6.07, 6.45) is 0.682. The first kappa shape index (κ1) is 9.79. The molecule has 0 aliphatic heterocycles. The summed E-state index contributed by atoms with van der Waals surface area (Å²) in [4.78, 5) is 6.19. The Hall–Kier alpha value is -1.30. The number of hydrogen-bond donors (Lipinski definition) is 1. The van der Waals surface area contributed by atoms with E-state index in [1.54, 1.807) is 0 Å². The number of alkyl halides is 1. The molecule has 0 spiro atoms. The summed E-state index contributed by atoms with van der Waals surface area (Å²) in [5.41, 5.74) is 8.06. The Balaban J connectivity index is 2.63. The van der Waals surface area contributed by atoms with Crippen molar-refractivity contribution in [1.29, 1.82) is 0 Å². The molecule has 1 N–H and O–H groups in total. The number of azide groups is 1. The van der Waals surface area contributed by atoms with Gasteiger partial charge in [-0.05, 0) is 10.6 Å². The first-order valence-electron chi connectivity index (χ1n) is 3.45. The van der Waals surface area contributed by atoms with Crippen LogP contribution < -0.4 is 0 Å². The van der Waals surface area contributed by atoms with Crippen molar-refractivity contribution in [3.8, 4) is 0 Å². The zero-order valence-corrected chi connectivity index (χ0v) is 7.33. The fraction of sp³-hybridized carbons (Fsp3) is 0.600. The SMILES string of the molecule is [N-]=[N+]=Nc1ncn(CC(O)CCl)n1. The number of nitrogens with zero attached hydrogens (tertiary/aromatic N) is 6. The van der Waals surface area contributed by atoms with Crippen LogP contribution >= 0.6 is 11.6 Å². The van der Waals surface area contributed by atoms with Crippen LogP contribution in [0.4, 0.5) is 5.95 Å². The molecule has 1 aromatic rings. The van der Waals surface area contributed by atoms with E-state index in [0.717, 1.165) is 0 Å². The van der Waals surface area contributed by atoms with Crippen LogP contribution in [0.25, 0.3) is 10.4 Å². The lowest BCUT2D eigenvalue weighted by molar-refractivity contribution is 0.171. The molecule has 0 saturated carbocycles. The van der Waals surface area contributed by atoms with E-state index in [1.165, 1.54) is 11.0 Å². The largest absolute Gasteiger partial charge is 0.390 e. The van der Waals surface area contributed by atoms with Crippen LogP contribution in [0.15, 0.2) is 11.4 Å². The lowest BCUT2D eigenvalue weighted by atomic mass is 10.4. The zero-order chi connectivity index (χ0) is 9.68. The summed E-state index contributed by atoms with van der Waals surface area (Å²) < 4.78 is 1.36. The first-order chi connectivity index (χ1) is 6.26. The maximum atomic E-state index is 9.13. The number of aliphatic hydroxyl groups is 1. The third-order valence-electron chi connectivity index (χ3n) is 1.23. The van der Waals surface area contributed by atoms with Crippen LogP contribution in [0.5, 0.6) is 0 Å². The number of aliphatic hydroxyl groups excluding tert-OH is 1. The summed E-state index contributed by atoms with van der Waals surface area (Å²) >= 11 is 5.38. The summed E-state index contributed by atoms with van der Waals surface area (Å²) in [6, 6.07) is 0. The molecule has 0 aliphatic rings. The summed E-state index contributed by atoms with van der Waals surface area (Å²) in [7, 11) is 0. The molecule has 13 heavy (non-hydrogen) atoms. The molecule has 0 saturated heterocycles. The predicted molar refractivity (Wildman–Crippen MR) is 45.6 cm³/mol. The molecule has 0 aromatic carbocycles. The average Bonchev–Trinajstić information content (AvgIpc) is 2.53. The van der Waals surface area contributed by atoms with Gasteiger partial charge < -0.3 is 5.11 Å². The van der Waals surface area contributed by atoms with E-state index in [0.29, 0.717) is 0 Å². The topological polar surface area (TPSA) is 99.7 Å². The van der Waals surface area contributed by atoms with Crippen LogP contribution in [0.1, 0.15) is 0 Å². The van der Waals surface area contributed by atoms with Crippen LogP contribution in [0.2, 0.25) is 0 Å². The number of aromatic nitrogens is 3. The minimum Gasteiger partial charge on any atom is -0.390 e. The van der Waals surface area contributed by atoms with E-state index < -0.39 is 6.10 Å². The highest BCUT2D eigenvalue weighted by Crippen LogP contribution is 2.02. The Bertz CT molecular complexity index is 319. The molecule has 0 aliphatic carbocycles. The highest BCUT2D eigenvalue weighted by Gasteiger charge is 2.04. The van der Waals surface area contributed by atoms with Gasteiger partial charge in [-0.3, -0.25) is 0 Å². The van der Waals surface area contributed by atoms with E-state index in [-0.39, 0.29) is 18.4 Å². The van der Waals surface area contributed by atoms with Gasteiger partial charge in [-0.2, -0.15) is 0 Å². The third kappa shape index (κ3) is 2.90. The van der Waals surface area contributed by atoms with E-state index in [9.17, 15) is 0 Å². The Morgan fingerprint density at radius 1 is 1.85 bits per heavy atom. The van der Waals surface area contributed by atoms with Gasteiger partial charge in [0.25, 0.3) is 0 Å². The van der Waals surface area contributed by atoms with Crippen LogP contribution in [0, 0.1) is 0 Å². The van der Waals surface area contributed by atoms with Crippen molar-refractivity contribution in [2.24, 2.45) is 5.11 Å². The Morgan fingerprint density at radius 2 is 2.62 bits per heavy atom. The molecule has 1 rings (SSSR count). The molecule has 8 heteroatoms. The third-order valence-corrected chi connectivity index (χ3v) is 1.59. The van der Waals surface area contributed by atoms with Gasteiger partial charge in [0, 0.05) is 4.91 Å². The van der Waals surface area contributed by atoms with Crippen molar-refractivity contribution in [3.05, 3.63) is 16.8 Å². The fourth-order valence-electron chi connectivity index (χ4n) is 0.723. The van der Waals surface area contributed by atoms with Gasteiger partial charge in [-0.15, -0.1) is 16.7 Å². The van der Waals surface area contributed by atoms with Crippen LogP contribution in [0.3, 0.4) is 0 Å². The van der Waals surface area contributed by atoms with E-state index in [2.05, 4.69) is 20.1 Å². The molecule has 0 amide bonds. The molecule has 0 radical (unpaired) electrons. The minimum absolute atomic E-state index is 0.0317. The molecule has 7 nitrogen and oxygen atoms in total. The molecule has 1 atom stereocenters. The van der Waals surface area contributed by atoms with Crippen molar-refractivity contribution in [2.75, 3.05) is 5.88 Å². The maximum Gasteiger partial charge on any atom is 0.237 e.